The average molecular weight is 316 g/mol. The number of hydrogen-bond donors (Lipinski definition) is 3. The highest BCUT2D eigenvalue weighted by Gasteiger charge is 2.18. The Balaban J connectivity index is 1.74. The van der Waals surface area contributed by atoms with Crippen LogP contribution in [0.4, 0.5) is 11.4 Å². The Hall–Kier alpha value is -2.05. The molecule has 0 saturated heterocycles. The van der Waals surface area contributed by atoms with Crippen LogP contribution in [0.1, 0.15) is 4.88 Å². The summed E-state index contributed by atoms with van der Waals surface area (Å²) in [6.45, 7) is 3.52. The second-order valence-corrected chi connectivity index (χ2v) is 6.05. The minimum atomic E-state index is 0.415. The molecule has 5 nitrogen and oxygen atoms in total. The molecule has 3 N–H and O–H groups in total. The average Bonchev–Trinajstić information content (AvgIpc) is 3.07. The molecule has 3 rings (SSSR count). The number of hydrogen-bond acceptors (Lipinski definition) is 5. The van der Waals surface area contributed by atoms with E-state index in [1.165, 1.54) is 0 Å². The summed E-state index contributed by atoms with van der Waals surface area (Å²) in [6, 6.07) is 9.93. The summed E-state index contributed by atoms with van der Waals surface area (Å²) in [5.74, 6) is 1.30. The maximum Gasteiger partial charge on any atom is 0.144 e. The highest BCUT2D eigenvalue weighted by atomic mass is 32.1. The summed E-state index contributed by atoms with van der Waals surface area (Å²) in [4.78, 5) is 3.25. The van der Waals surface area contributed by atoms with E-state index in [0.717, 1.165) is 41.6 Å². The molecule has 0 spiro atoms. The van der Waals surface area contributed by atoms with Crippen LogP contribution in [0.3, 0.4) is 0 Å². The number of likely N-dealkylation sites (N-methyl/N-ethyl adjacent to an activating group) is 1. The second kappa shape index (κ2) is 6.81. The molecule has 1 aliphatic heterocycles. The lowest BCUT2D eigenvalue weighted by molar-refractivity contribution is 0.307. The van der Waals surface area contributed by atoms with Gasteiger partial charge in [-0.3, -0.25) is 5.41 Å². The molecule has 0 radical (unpaired) electrons. The number of benzene rings is 1. The van der Waals surface area contributed by atoms with Crippen molar-refractivity contribution in [2.45, 2.75) is 0 Å². The van der Waals surface area contributed by atoms with Crippen LogP contribution in [0.25, 0.3) is 0 Å². The molecule has 1 aromatic heterocycles. The number of nitrogens with one attached hydrogen (secondary N) is 3. The summed E-state index contributed by atoms with van der Waals surface area (Å²) in [7, 11) is 1.96. The van der Waals surface area contributed by atoms with E-state index in [2.05, 4.69) is 21.6 Å². The molecular weight excluding hydrogens is 296 g/mol. The maximum absolute atomic E-state index is 8.09. The summed E-state index contributed by atoms with van der Waals surface area (Å²) < 4.78 is 5.78. The number of rotatable bonds is 5. The number of fused-ring (bicyclic) bond motifs is 1. The van der Waals surface area contributed by atoms with E-state index in [9.17, 15) is 0 Å². The predicted molar refractivity (Wildman–Crippen MR) is 92.8 cm³/mol. The van der Waals surface area contributed by atoms with Gasteiger partial charge >= 0.3 is 0 Å². The Morgan fingerprint density at radius 2 is 2.32 bits per heavy atom. The largest absolute Gasteiger partial charge is 0.489 e. The van der Waals surface area contributed by atoms with Crippen LogP contribution >= 0.6 is 11.3 Å². The van der Waals surface area contributed by atoms with Crippen LogP contribution in [-0.2, 0) is 0 Å². The van der Waals surface area contributed by atoms with Crippen LogP contribution in [0.15, 0.2) is 35.7 Å². The fourth-order valence-corrected chi connectivity index (χ4v) is 3.09. The van der Waals surface area contributed by atoms with Crippen molar-refractivity contribution in [1.82, 2.24) is 5.32 Å². The molecular formula is C16H20N4OS. The van der Waals surface area contributed by atoms with Crippen molar-refractivity contribution in [2.24, 2.45) is 0 Å². The van der Waals surface area contributed by atoms with Gasteiger partial charge in [0.1, 0.15) is 18.2 Å². The van der Waals surface area contributed by atoms with Crippen LogP contribution in [0, 0.1) is 5.41 Å². The summed E-state index contributed by atoms with van der Waals surface area (Å²) in [5, 5.41) is 16.4. The number of ether oxygens (including phenoxy) is 1. The zero-order valence-electron chi connectivity index (χ0n) is 12.6. The first-order valence-electron chi connectivity index (χ1n) is 7.34. The van der Waals surface area contributed by atoms with E-state index in [1.54, 1.807) is 11.3 Å². The molecule has 0 amide bonds. The van der Waals surface area contributed by atoms with Crippen molar-refractivity contribution < 1.29 is 4.74 Å². The molecule has 0 atom stereocenters. The smallest absolute Gasteiger partial charge is 0.144 e. The summed E-state index contributed by atoms with van der Waals surface area (Å²) in [6.07, 6.45) is 0. The molecule has 0 fully saturated rings. The van der Waals surface area contributed by atoms with E-state index in [1.807, 2.05) is 36.7 Å². The SMILES string of the molecule is CNCCN1CCOc2cc(NC(=N)c3cccs3)ccc21. The lowest BCUT2D eigenvalue weighted by atomic mass is 10.2. The van der Waals surface area contributed by atoms with E-state index in [4.69, 9.17) is 10.1 Å². The third kappa shape index (κ3) is 3.23. The number of anilines is 2. The normalized spacial score (nSPS) is 13.4. The first-order chi connectivity index (χ1) is 10.8. The van der Waals surface area contributed by atoms with Gasteiger partial charge in [-0.1, -0.05) is 6.07 Å². The molecule has 0 unspecified atom stereocenters. The van der Waals surface area contributed by atoms with Gasteiger partial charge < -0.3 is 20.3 Å². The minimum Gasteiger partial charge on any atom is -0.489 e. The minimum absolute atomic E-state index is 0.415. The summed E-state index contributed by atoms with van der Waals surface area (Å²) in [5.41, 5.74) is 2.00. The van der Waals surface area contributed by atoms with E-state index in [-0.39, 0.29) is 0 Å². The van der Waals surface area contributed by atoms with Gasteiger partial charge in [0, 0.05) is 24.8 Å². The van der Waals surface area contributed by atoms with Gasteiger partial charge in [-0.15, -0.1) is 11.3 Å². The maximum atomic E-state index is 8.09. The Morgan fingerprint density at radius 1 is 1.41 bits per heavy atom. The van der Waals surface area contributed by atoms with E-state index in [0.29, 0.717) is 12.4 Å². The van der Waals surface area contributed by atoms with Crippen molar-refractivity contribution in [3.63, 3.8) is 0 Å². The fraction of sp³-hybridized carbons (Fsp3) is 0.312. The Bertz CT molecular complexity index is 642. The molecule has 22 heavy (non-hydrogen) atoms. The standard InChI is InChI=1S/C16H20N4OS/c1-18-6-7-20-8-9-21-14-11-12(4-5-13(14)20)19-16(17)15-3-2-10-22-15/h2-5,10-11,18H,6-9H2,1H3,(H2,17,19). The molecule has 0 saturated carbocycles. The Kier molecular flexibility index (Phi) is 4.60. The summed E-state index contributed by atoms with van der Waals surface area (Å²) >= 11 is 1.56. The molecule has 2 heterocycles. The van der Waals surface area contributed by atoms with Crippen molar-refractivity contribution in [1.29, 1.82) is 5.41 Å². The first-order valence-corrected chi connectivity index (χ1v) is 8.22. The predicted octanol–water partition coefficient (Wildman–Crippen LogP) is 2.60. The highest BCUT2D eigenvalue weighted by molar-refractivity contribution is 7.12. The van der Waals surface area contributed by atoms with Gasteiger partial charge in [-0.05, 0) is 30.6 Å². The highest BCUT2D eigenvalue weighted by Crippen LogP contribution is 2.34. The molecule has 1 aliphatic rings. The second-order valence-electron chi connectivity index (χ2n) is 5.10. The zero-order chi connectivity index (χ0) is 15.4. The van der Waals surface area contributed by atoms with Gasteiger partial charge in [-0.2, -0.15) is 0 Å². The van der Waals surface area contributed by atoms with Crippen LogP contribution < -0.4 is 20.3 Å². The Labute approximate surface area is 134 Å². The van der Waals surface area contributed by atoms with Crippen molar-refractivity contribution in [3.05, 3.63) is 40.6 Å². The van der Waals surface area contributed by atoms with Crippen molar-refractivity contribution >= 4 is 28.5 Å². The van der Waals surface area contributed by atoms with E-state index >= 15 is 0 Å². The molecule has 116 valence electrons. The molecule has 2 aromatic rings. The molecule has 6 heteroatoms. The zero-order valence-corrected chi connectivity index (χ0v) is 13.4. The quantitative estimate of drug-likeness (QED) is 0.586. The van der Waals surface area contributed by atoms with E-state index < -0.39 is 0 Å². The van der Waals surface area contributed by atoms with Crippen LogP contribution in [0.2, 0.25) is 0 Å². The molecule has 0 aliphatic carbocycles. The van der Waals surface area contributed by atoms with Crippen LogP contribution in [0.5, 0.6) is 5.75 Å². The first kappa shape index (κ1) is 14.9. The van der Waals surface area contributed by atoms with Gasteiger partial charge in [0.15, 0.2) is 0 Å². The lowest BCUT2D eigenvalue weighted by Gasteiger charge is -2.31. The fourth-order valence-electron chi connectivity index (χ4n) is 2.46. The van der Waals surface area contributed by atoms with Gasteiger partial charge in [0.2, 0.25) is 0 Å². The van der Waals surface area contributed by atoms with Crippen molar-refractivity contribution in [3.8, 4) is 5.75 Å². The van der Waals surface area contributed by atoms with Gasteiger partial charge in [0.25, 0.3) is 0 Å². The van der Waals surface area contributed by atoms with Gasteiger partial charge in [-0.25, -0.2) is 0 Å². The number of nitrogens with zero attached hydrogens (tertiary/aromatic N) is 1. The van der Waals surface area contributed by atoms with Gasteiger partial charge in [0.05, 0.1) is 17.1 Å². The molecule has 0 bridgehead atoms. The number of thiophene rings is 1. The lowest BCUT2D eigenvalue weighted by Crippen LogP contribution is -2.37. The third-order valence-electron chi connectivity index (χ3n) is 3.59. The van der Waals surface area contributed by atoms with Crippen LogP contribution in [-0.4, -0.2) is 39.1 Å². The van der Waals surface area contributed by atoms with Crippen molar-refractivity contribution in [2.75, 3.05) is 43.5 Å². The monoisotopic (exact) mass is 316 g/mol. The number of amidine groups is 1. The third-order valence-corrected chi connectivity index (χ3v) is 4.48. The molecule has 1 aromatic carbocycles. The topological polar surface area (TPSA) is 60.4 Å². The Morgan fingerprint density at radius 3 is 3.09 bits per heavy atom.